The SMILES string of the molecule is O=S(=O)(O)C1=CC2=CC(S(=O)(=O)O)CCC2=CC1. The van der Waals surface area contributed by atoms with E-state index in [1.165, 1.54) is 12.2 Å². The lowest BCUT2D eigenvalue weighted by Crippen LogP contribution is -2.22. The van der Waals surface area contributed by atoms with Crippen molar-refractivity contribution in [1.82, 2.24) is 0 Å². The number of rotatable bonds is 2. The summed E-state index contributed by atoms with van der Waals surface area (Å²) in [5.74, 6) is 0. The molecule has 1 atom stereocenters. The van der Waals surface area contributed by atoms with E-state index in [9.17, 15) is 16.8 Å². The largest absolute Gasteiger partial charge is 0.290 e. The molecule has 100 valence electrons. The molecule has 0 bridgehead atoms. The Bertz CT molecular complexity index is 663. The van der Waals surface area contributed by atoms with Gasteiger partial charge in [0.25, 0.3) is 20.2 Å². The van der Waals surface area contributed by atoms with Crippen LogP contribution in [0.3, 0.4) is 0 Å². The van der Waals surface area contributed by atoms with Crippen molar-refractivity contribution in [2.24, 2.45) is 0 Å². The maximum Gasteiger partial charge on any atom is 0.290 e. The topological polar surface area (TPSA) is 109 Å². The van der Waals surface area contributed by atoms with Crippen molar-refractivity contribution >= 4 is 20.2 Å². The van der Waals surface area contributed by atoms with Gasteiger partial charge in [-0.15, -0.1) is 0 Å². The molecule has 0 heterocycles. The molecule has 2 N–H and O–H groups in total. The summed E-state index contributed by atoms with van der Waals surface area (Å²) in [7, 11) is -8.44. The molecule has 0 saturated heterocycles. The zero-order valence-electron chi connectivity index (χ0n) is 9.27. The highest BCUT2D eigenvalue weighted by molar-refractivity contribution is 7.89. The fourth-order valence-corrected chi connectivity index (χ4v) is 3.37. The van der Waals surface area contributed by atoms with E-state index in [0.717, 1.165) is 5.57 Å². The summed E-state index contributed by atoms with van der Waals surface area (Å²) in [6.07, 6.45) is 5.03. The molecule has 0 spiro atoms. The molecular weight excluding hydrogens is 280 g/mol. The molecule has 0 aromatic rings. The van der Waals surface area contributed by atoms with Crippen molar-refractivity contribution < 1.29 is 25.9 Å². The Hall–Kier alpha value is -0.960. The Morgan fingerprint density at radius 3 is 2.39 bits per heavy atom. The van der Waals surface area contributed by atoms with E-state index in [0.29, 0.717) is 12.0 Å². The zero-order valence-corrected chi connectivity index (χ0v) is 10.9. The molecule has 0 aliphatic heterocycles. The van der Waals surface area contributed by atoms with Crippen LogP contribution in [-0.2, 0) is 20.2 Å². The average Bonchev–Trinajstić information content (AvgIpc) is 2.25. The van der Waals surface area contributed by atoms with Crippen molar-refractivity contribution in [3.8, 4) is 0 Å². The molecule has 2 aliphatic rings. The number of hydrogen-bond acceptors (Lipinski definition) is 4. The van der Waals surface area contributed by atoms with Gasteiger partial charge in [0.15, 0.2) is 0 Å². The van der Waals surface area contributed by atoms with Gasteiger partial charge in [0.1, 0.15) is 5.25 Å². The first-order chi connectivity index (χ1) is 8.18. The van der Waals surface area contributed by atoms with E-state index in [-0.39, 0.29) is 17.7 Å². The van der Waals surface area contributed by atoms with Crippen molar-refractivity contribution in [2.75, 3.05) is 0 Å². The third kappa shape index (κ3) is 2.72. The molecule has 0 aromatic heterocycles. The van der Waals surface area contributed by atoms with Gasteiger partial charge < -0.3 is 0 Å². The predicted octanol–water partition coefficient (Wildman–Crippen LogP) is 1.06. The Kier molecular flexibility index (Phi) is 3.22. The van der Waals surface area contributed by atoms with Crippen LogP contribution in [0, 0.1) is 0 Å². The second kappa shape index (κ2) is 4.30. The maximum atomic E-state index is 11.0. The first kappa shape index (κ1) is 13.5. The summed E-state index contributed by atoms with van der Waals surface area (Å²) in [5.41, 5.74) is 1.27. The molecule has 0 amide bonds. The van der Waals surface area contributed by atoms with E-state index in [2.05, 4.69) is 0 Å². The summed E-state index contributed by atoms with van der Waals surface area (Å²) in [6.45, 7) is 0. The quantitative estimate of drug-likeness (QED) is 0.737. The number of hydrogen-bond donors (Lipinski definition) is 2. The summed E-state index contributed by atoms with van der Waals surface area (Å²) in [4.78, 5) is -0.173. The van der Waals surface area contributed by atoms with E-state index >= 15 is 0 Å². The molecule has 2 aliphatic carbocycles. The van der Waals surface area contributed by atoms with Gasteiger partial charge in [-0.3, -0.25) is 9.11 Å². The molecule has 1 unspecified atom stereocenters. The lowest BCUT2D eigenvalue weighted by atomic mass is 9.89. The van der Waals surface area contributed by atoms with E-state index in [4.69, 9.17) is 9.11 Å². The molecule has 2 rings (SSSR count). The third-order valence-corrected chi connectivity index (χ3v) is 5.10. The molecule has 18 heavy (non-hydrogen) atoms. The Labute approximate surface area is 105 Å². The summed E-state index contributed by atoms with van der Waals surface area (Å²) in [6, 6.07) is 0. The first-order valence-electron chi connectivity index (χ1n) is 5.23. The van der Waals surface area contributed by atoms with Gasteiger partial charge in [-0.25, -0.2) is 0 Å². The Morgan fingerprint density at radius 2 is 1.83 bits per heavy atom. The lowest BCUT2D eigenvalue weighted by Gasteiger charge is -2.23. The maximum absolute atomic E-state index is 11.0. The lowest BCUT2D eigenvalue weighted by molar-refractivity contribution is 0.470. The van der Waals surface area contributed by atoms with Gasteiger partial charge in [-0.2, -0.15) is 16.8 Å². The van der Waals surface area contributed by atoms with E-state index in [1.54, 1.807) is 6.08 Å². The van der Waals surface area contributed by atoms with Gasteiger partial charge in [-0.05, 0) is 30.1 Å². The van der Waals surface area contributed by atoms with Crippen LogP contribution in [0.15, 0.2) is 34.3 Å². The second-order valence-electron chi connectivity index (χ2n) is 4.23. The van der Waals surface area contributed by atoms with Crippen LogP contribution in [0.5, 0.6) is 0 Å². The highest BCUT2D eigenvalue weighted by Gasteiger charge is 2.28. The van der Waals surface area contributed by atoms with Gasteiger partial charge in [0.05, 0.1) is 4.91 Å². The van der Waals surface area contributed by atoms with Crippen LogP contribution >= 0.6 is 0 Å². The average molecular weight is 292 g/mol. The number of allylic oxidation sites excluding steroid dienone is 5. The second-order valence-corrected chi connectivity index (χ2v) is 7.34. The summed E-state index contributed by atoms with van der Waals surface area (Å²) < 4.78 is 62.0. The molecule has 8 heteroatoms. The highest BCUT2D eigenvalue weighted by Crippen LogP contribution is 2.34. The van der Waals surface area contributed by atoms with Crippen LogP contribution in [0.25, 0.3) is 0 Å². The molecule has 0 saturated carbocycles. The minimum atomic E-state index is -4.27. The standard InChI is InChI=1S/C10H12O6S2/c11-17(12,13)9-3-1-7-2-4-10(18(14,15)16)6-8(7)5-9/h1,5-6,10H,2-4H2,(H,11,12,13)(H,14,15,16). The molecule has 0 fully saturated rings. The van der Waals surface area contributed by atoms with Crippen LogP contribution in [0.1, 0.15) is 19.3 Å². The van der Waals surface area contributed by atoms with Gasteiger partial charge in [0, 0.05) is 6.42 Å². The number of fused-ring (bicyclic) bond motifs is 1. The van der Waals surface area contributed by atoms with E-state index in [1.807, 2.05) is 0 Å². The summed E-state index contributed by atoms with van der Waals surface area (Å²) >= 11 is 0. The third-order valence-electron chi connectivity index (χ3n) is 3.01. The molecule has 6 nitrogen and oxygen atoms in total. The van der Waals surface area contributed by atoms with Crippen LogP contribution in [-0.4, -0.2) is 31.2 Å². The first-order valence-corrected chi connectivity index (χ1v) is 8.18. The monoisotopic (exact) mass is 292 g/mol. The van der Waals surface area contributed by atoms with Crippen molar-refractivity contribution in [3.63, 3.8) is 0 Å². The Balaban J connectivity index is 2.43. The fraction of sp³-hybridized carbons (Fsp3) is 0.400. The van der Waals surface area contributed by atoms with Crippen molar-refractivity contribution in [2.45, 2.75) is 24.5 Å². The minimum Gasteiger partial charge on any atom is -0.285 e. The predicted molar refractivity (Wildman–Crippen MR) is 65.0 cm³/mol. The van der Waals surface area contributed by atoms with Gasteiger partial charge in [-0.1, -0.05) is 12.2 Å². The smallest absolute Gasteiger partial charge is 0.285 e. The molecular formula is C10H12O6S2. The molecule has 0 radical (unpaired) electrons. The fourth-order valence-electron chi connectivity index (χ4n) is 2.06. The van der Waals surface area contributed by atoms with Crippen LogP contribution in [0.2, 0.25) is 0 Å². The van der Waals surface area contributed by atoms with E-state index < -0.39 is 25.5 Å². The molecule has 0 aromatic carbocycles. The van der Waals surface area contributed by atoms with Crippen LogP contribution < -0.4 is 0 Å². The van der Waals surface area contributed by atoms with Crippen LogP contribution in [0.4, 0.5) is 0 Å². The van der Waals surface area contributed by atoms with Crippen molar-refractivity contribution in [1.29, 1.82) is 0 Å². The zero-order chi connectivity index (χ0) is 13.6. The Morgan fingerprint density at radius 1 is 1.17 bits per heavy atom. The highest BCUT2D eigenvalue weighted by atomic mass is 32.2. The normalized spacial score (nSPS) is 24.8. The van der Waals surface area contributed by atoms with Crippen molar-refractivity contribution in [3.05, 3.63) is 34.3 Å². The van der Waals surface area contributed by atoms with Gasteiger partial charge >= 0.3 is 0 Å². The minimum absolute atomic E-state index is 0.0993. The summed E-state index contributed by atoms with van der Waals surface area (Å²) in [5, 5.41) is -1.03. The van der Waals surface area contributed by atoms with Gasteiger partial charge in [0.2, 0.25) is 0 Å².